The number of aliphatic hydroxyl groups excluding tert-OH is 1. The molecule has 0 saturated heterocycles. The van der Waals surface area contributed by atoms with Crippen LogP contribution >= 0.6 is 22.7 Å². The highest BCUT2D eigenvalue weighted by Gasteiger charge is 2.27. The Morgan fingerprint density at radius 2 is 1.54 bits per heavy atom. The van der Waals surface area contributed by atoms with Crippen LogP contribution in [0, 0.1) is 0 Å². The zero-order chi connectivity index (χ0) is 37.0. The maximum atomic E-state index is 12.8. The number of urea groups is 1. The van der Waals surface area contributed by atoms with Crippen molar-refractivity contribution in [3.05, 3.63) is 131 Å². The first-order valence-electron chi connectivity index (χ1n) is 17.1. The first kappa shape index (κ1) is 34.8. The summed E-state index contributed by atoms with van der Waals surface area (Å²) < 4.78 is 19.4. The molecular weight excluding hydrogens is 725 g/mol. The summed E-state index contributed by atoms with van der Waals surface area (Å²) in [7, 11) is 1.61. The van der Waals surface area contributed by atoms with Gasteiger partial charge >= 0.3 is 6.03 Å². The van der Waals surface area contributed by atoms with Gasteiger partial charge in [-0.15, -0.1) is 22.7 Å². The maximum absolute atomic E-state index is 12.8. The van der Waals surface area contributed by atoms with Crippen LogP contribution in [-0.4, -0.2) is 40.4 Å². The van der Waals surface area contributed by atoms with Gasteiger partial charge in [-0.3, -0.25) is 4.79 Å². The Bertz CT molecular complexity index is 2430. The number of benzene rings is 5. The van der Waals surface area contributed by atoms with Crippen LogP contribution in [0.2, 0.25) is 0 Å². The molecule has 5 aromatic carbocycles. The van der Waals surface area contributed by atoms with Crippen LogP contribution in [0.25, 0.3) is 31.0 Å². The third-order valence-electron chi connectivity index (χ3n) is 8.64. The summed E-state index contributed by atoms with van der Waals surface area (Å²) in [5, 5.41) is 23.6. The molecular formula is C40H34N6O6S2. The molecule has 0 saturated carbocycles. The SMILES string of the molecule is COc1ccc(CNC(=O)NCc2nc3ccc(C4Oc5ccc(CNC(=O)C(O)Nc6cccc(-c7nc8ccccc8s7)c6)cc5O4)cc3s2)cc1. The third kappa shape index (κ3) is 7.90. The zero-order valence-corrected chi connectivity index (χ0v) is 30.5. The number of nitrogens with one attached hydrogen (secondary N) is 4. The highest BCUT2D eigenvalue weighted by molar-refractivity contribution is 7.21. The normalized spacial score (nSPS) is 13.8. The van der Waals surface area contributed by atoms with Crippen molar-refractivity contribution in [3.8, 4) is 27.8 Å². The van der Waals surface area contributed by atoms with Crippen LogP contribution in [0.4, 0.5) is 10.5 Å². The number of hydrogen-bond donors (Lipinski definition) is 5. The van der Waals surface area contributed by atoms with E-state index in [2.05, 4.69) is 26.3 Å². The molecule has 5 N–H and O–H groups in total. The Hall–Kier alpha value is -6.22. The number of carbonyl (C=O) groups is 2. The highest BCUT2D eigenvalue weighted by Crippen LogP contribution is 2.41. The van der Waals surface area contributed by atoms with Crippen molar-refractivity contribution < 1.29 is 28.9 Å². The van der Waals surface area contributed by atoms with Crippen LogP contribution in [0.1, 0.15) is 28.0 Å². The molecule has 1 aliphatic rings. The summed E-state index contributed by atoms with van der Waals surface area (Å²) in [6.45, 7) is 0.853. The lowest BCUT2D eigenvalue weighted by atomic mass is 10.2. The largest absolute Gasteiger partial charge is 0.497 e. The van der Waals surface area contributed by atoms with Gasteiger partial charge in [0.25, 0.3) is 12.2 Å². The van der Waals surface area contributed by atoms with Crippen molar-refractivity contribution in [1.29, 1.82) is 0 Å². The van der Waals surface area contributed by atoms with Crippen molar-refractivity contribution in [1.82, 2.24) is 25.9 Å². The van der Waals surface area contributed by atoms with E-state index in [-0.39, 0.29) is 19.1 Å². The standard InChI is InChI=1S/C40H34N6O6S2/c1-50-28-13-9-23(10-14-28)20-42-40(49)43-22-35-45-30-15-12-26(19-34(30)53-35)39-51-31-16-11-24(17-32(31)52-39)21-41-36(47)37(48)44-27-6-4-5-25(18-27)38-46-29-7-2-3-8-33(29)54-38/h2-19,37,39,44,48H,20-22H2,1H3,(H,41,47)(H2,42,43,49). The van der Waals surface area contributed by atoms with Gasteiger partial charge in [0.15, 0.2) is 11.5 Å². The molecule has 1 aliphatic heterocycles. The predicted molar refractivity (Wildman–Crippen MR) is 209 cm³/mol. The number of rotatable bonds is 12. The quantitative estimate of drug-likeness (QED) is 0.0821. The van der Waals surface area contributed by atoms with Gasteiger partial charge in [0, 0.05) is 29.9 Å². The van der Waals surface area contributed by atoms with Crippen LogP contribution in [0.3, 0.4) is 0 Å². The summed E-state index contributed by atoms with van der Waals surface area (Å²) in [5.41, 5.74) is 5.78. The monoisotopic (exact) mass is 758 g/mol. The molecule has 0 fully saturated rings. The summed E-state index contributed by atoms with van der Waals surface area (Å²) in [6, 6.07) is 33.8. The van der Waals surface area contributed by atoms with Gasteiger partial charge in [0.2, 0.25) is 6.23 Å². The average Bonchev–Trinajstić information content (AvgIpc) is 3.95. The van der Waals surface area contributed by atoms with E-state index >= 15 is 0 Å². The van der Waals surface area contributed by atoms with Crippen LogP contribution in [0.15, 0.2) is 109 Å². The Balaban J connectivity index is 0.824. The fourth-order valence-electron chi connectivity index (χ4n) is 5.84. The minimum absolute atomic E-state index is 0.174. The molecule has 2 unspecified atom stereocenters. The highest BCUT2D eigenvalue weighted by atomic mass is 32.1. The number of thiazole rings is 2. The van der Waals surface area contributed by atoms with E-state index in [0.717, 1.165) is 58.5 Å². The lowest BCUT2D eigenvalue weighted by Crippen LogP contribution is -2.39. The zero-order valence-electron chi connectivity index (χ0n) is 28.9. The second-order valence-electron chi connectivity index (χ2n) is 12.4. The molecule has 0 bridgehead atoms. The van der Waals surface area contributed by atoms with Crippen molar-refractivity contribution >= 4 is 60.7 Å². The Labute approximate surface area is 317 Å². The van der Waals surface area contributed by atoms with Gasteiger partial charge in [0.1, 0.15) is 15.8 Å². The molecule has 0 radical (unpaired) electrons. The number of aliphatic hydroxyl groups is 1. The maximum Gasteiger partial charge on any atom is 0.315 e. The molecule has 14 heteroatoms. The number of methoxy groups -OCH3 is 1. The molecule has 3 heterocycles. The molecule has 7 aromatic rings. The van der Waals surface area contributed by atoms with E-state index < -0.39 is 18.4 Å². The van der Waals surface area contributed by atoms with Crippen LogP contribution < -0.4 is 35.5 Å². The van der Waals surface area contributed by atoms with E-state index in [9.17, 15) is 14.7 Å². The molecule has 2 atom stereocenters. The number of nitrogens with zero attached hydrogens (tertiary/aromatic N) is 2. The molecule has 0 aliphatic carbocycles. The van der Waals surface area contributed by atoms with E-state index in [1.165, 1.54) is 11.3 Å². The summed E-state index contributed by atoms with van der Waals surface area (Å²) in [5.74, 6) is 1.32. The fourth-order valence-corrected chi connectivity index (χ4v) is 7.76. The second kappa shape index (κ2) is 15.4. The lowest BCUT2D eigenvalue weighted by Gasteiger charge is -2.15. The first-order valence-corrected chi connectivity index (χ1v) is 18.7. The smallest absolute Gasteiger partial charge is 0.315 e. The number of para-hydroxylation sites is 1. The van der Waals surface area contributed by atoms with E-state index in [4.69, 9.17) is 19.2 Å². The molecule has 8 rings (SSSR count). The van der Waals surface area contributed by atoms with E-state index in [1.807, 2.05) is 97.1 Å². The van der Waals surface area contributed by atoms with Crippen LogP contribution in [0.5, 0.6) is 17.2 Å². The number of amides is 3. The summed E-state index contributed by atoms with van der Waals surface area (Å²) in [6.07, 6.45) is -2.12. The molecule has 0 spiro atoms. The first-order chi connectivity index (χ1) is 26.4. The van der Waals surface area contributed by atoms with Crippen LogP contribution in [-0.2, 0) is 24.4 Å². The Morgan fingerprint density at radius 1 is 0.759 bits per heavy atom. The van der Waals surface area contributed by atoms with Crippen molar-refractivity contribution in [2.24, 2.45) is 0 Å². The van der Waals surface area contributed by atoms with Gasteiger partial charge in [-0.25, -0.2) is 14.8 Å². The van der Waals surface area contributed by atoms with E-state index in [1.54, 1.807) is 30.6 Å². The van der Waals surface area contributed by atoms with Gasteiger partial charge in [0.05, 0.1) is 34.1 Å². The number of anilines is 1. The summed E-state index contributed by atoms with van der Waals surface area (Å²) >= 11 is 3.07. The fraction of sp³-hybridized carbons (Fsp3) is 0.150. The number of fused-ring (bicyclic) bond motifs is 3. The average molecular weight is 759 g/mol. The Morgan fingerprint density at radius 3 is 2.39 bits per heavy atom. The number of hydrogen-bond acceptors (Lipinski definition) is 11. The van der Waals surface area contributed by atoms with Gasteiger partial charge in [-0.05, 0) is 77.9 Å². The number of carbonyl (C=O) groups excluding carboxylic acids is 2. The van der Waals surface area contributed by atoms with Crippen molar-refractivity contribution in [2.45, 2.75) is 32.2 Å². The van der Waals surface area contributed by atoms with Crippen molar-refractivity contribution in [3.63, 3.8) is 0 Å². The molecule has 2 aromatic heterocycles. The molecule has 272 valence electrons. The Kier molecular flexibility index (Phi) is 9.94. The van der Waals surface area contributed by atoms with Gasteiger partial charge in [-0.1, -0.05) is 42.5 Å². The molecule has 3 amide bonds. The summed E-state index contributed by atoms with van der Waals surface area (Å²) in [4.78, 5) is 34.6. The van der Waals surface area contributed by atoms with Gasteiger partial charge in [-0.2, -0.15) is 0 Å². The number of ether oxygens (including phenoxy) is 3. The predicted octanol–water partition coefficient (Wildman–Crippen LogP) is 7.10. The van der Waals surface area contributed by atoms with E-state index in [0.29, 0.717) is 23.7 Å². The second-order valence-corrected chi connectivity index (χ2v) is 14.5. The van der Waals surface area contributed by atoms with Crippen molar-refractivity contribution in [2.75, 3.05) is 12.4 Å². The third-order valence-corrected chi connectivity index (χ3v) is 10.7. The minimum atomic E-state index is -1.46. The minimum Gasteiger partial charge on any atom is -0.497 e. The topological polar surface area (TPSA) is 156 Å². The number of aromatic nitrogens is 2. The molecule has 54 heavy (non-hydrogen) atoms. The van der Waals surface area contributed by atoms with Gasteiger partial charge < -0.3 is 40.6 Å². The lowest BCUT2D eigenvalue weighted by molar-refractivity contribution is -0.128. The molecule has 12 nitrogen and oxygen atoms in total.